The Bertz CT molecular complexity index is 1290. The first-order chi connectivity index (χ1) is 20.5. The minimum atomic E-state index is -1.42. The predicted molar refractivity (Wildman–Crippen MR) is 169 cm³/mol. The van der Waals surface area contributed by atoms with E-state index in [-0.39, 0.29) is 13.0 Å². The summed E-state index contributed by atoms with van der Waals surface area (Å²) in [6.45, 7) is 16.8. The van der Waals surface area contributed by atoms with Crippen LogP contribution in [0.1, 0.15) is 69.8 Å². The van der Waals surface area contributed by atoms with Gasteiger partial charge < -0.3 is 30.1 Å². The molecule has 0 aliphatic carbocycles. The Kier molecular flexibility index (Phi) is 12.7. The zero-order valence-electron chi connectivity index (χ0n) is 27.1. The molecule has 3 atom stereocenters. The van der Waals surface area contributed by atoms with Crippen LogP contribution in [0.4, 0.5) is 4.79 Å². The third-order valence-corrected chi connectivity index (χ3v) is 6.45. The number of hydrogen-bond acceptors (Lipinski definition) is 7. The second-order valence-electron chi connectivity index (χ2n) is 12.7. The van der Waals surface area contributed by atoms with Crippen LogP contribution >= 0.6 is 0 Å². The smallest absolute Gasteiger partial charge is 0.408 e. The van der Waals surface area contributed by atoms with Gasteiger partial charge in [-0.25, -0.2) is 9.59 Å². The highest BCUT2D eigenvalue weighted by molar-refractivity contribution is 5.94. The molecule has 3 unspecified atom stereocenters. The van der Waals surface area contributed by atoms with Crippen LogP contribution in [0.3, 0.4) is 0 Å². The molecule has 0 aliphatic rings. The van der Waals surface area contributed by atoms with E-state index in [1.54, 1.807) is 41.5 Å². The molecule has 2 aromatic rings. The second kappa shape index (κ2) is 15.5. The van der Waals surface area contributed by atoms with E-state index in [0.717, 1.165) is 16.7 Å². The van der Waals surface area contributed by atoms with Crippen molar-refractivity contribution < 1.29 is 33.8 Å². The third kappa shape index (κ3) is 10.8. The number of nitrogens with one attached hydrogen (secondary N) is 2. The van der Waals surface area contributed by atoms with E-state index in [2.05, 4.69) is 17.2 Å². The fourth-order valence-electron chi connectivity index (χ4n) is 4.65. The maximum atomic E-state index is 14.3. The lowest BCUT2D eigenvalue weighted by Gasteiger charge is -2.35. The van der Waals surface area contributed by atoms with Gasteiger partial charge in [-0.05, 0) is 77.6 Å². The van der Waals surface area contributed by atoms with Gasteiger partial charge in [-0.3, -0.25) is 9.59 Å². The maximum Gasteiger partial charge on any atom is 0.408 e. The second-order valence-corrected chi connectivity index (χ2v) is 12.7. The first kappa shape index (κ1) is 36.0. The highest BCUT2D eigenvalue weighted by Gasteiger charge is 2.39. The minimum absolute atomic E-state index is 0.104. The van der Waals surface area contributed by atoms with Gasteiger partial charge in [0.05, 0.1) is 6.61 Å². The molecule has 0 fully saturated rings. The standard InChI is InChI=1S/C34H47N3O7/c1-10-19-37(30(40)26(21-38)36-32(42)44-34(7,8)9)28(27-22(2)15-14-16-23(27)3)29(39)35-25(31(41)43-33(4,5)6)20-24-17-12-11-13-18-24/h10-18,25-26,28,38H,1,19-21H2,2-9H3,(H,35,39)(H,36,42). The SMILES string of the molecule is C=CCN(C(=O)C(CO)NC(=O)OC(C)(C)C)C(C(=O)NC(Cc1ccccc1)C(=O)OC(C)(C)C)c1c(C)cccc1C. The van der Waals surface area contributed by atoms with Crippen molar-refractivity contribution in [3.63, 3.8) is 0 Å². The summed E-state index contributed by atoms with van der Waals surface area (Å²) < 4.78 is 10.9. The fourth-order valence-corrected chi connectivity index (χ4v) is 4.65. The van der Waals surface area contributed by atoms with Crippen LogP contribution in [0.15, 0.2) is 61.2 Å². The summed E-state index contributed by atoms with van der Waals surface area (Å²) in [5.74, 6) is -2.01. The van der Waals surface area contributed by atoms with Gasteiger partial charge in [0.1, 0.15) is 29.3 Å². The van der Waals surface area contributed by atoms with Crippen molar-refractivity contribution in [3.8, 4) is 0 Å². The number of amides is 3. The molecule has 2 rings (SSSR count). The normalized spacial score (nSPS) is 13.6. The van der Waals surface area contributed by atoms with Crippen molar-refractivity contribution in [2.24, 2.45) is 0 Å². The molecule has 240 valence electrons. The van der Waals surface area contributed by atoms with E-state index in [4.69, 9.17) is 9.47 Å². The first-order valence-corrected chi connectivity index (χ1v) is 14.6. The van der Waals surface area contributed by atoms with Gasteiger partial charge in [0, 0.05) is 13.0 Å². The zero-order valence-corrected chi connectivity index (χ0v) is 27.1. The molecule has 0 aliphatic heterocycles. The van der Waals surface area contributed by atoms with Crippen LogP contribution in [-0.2, 0) is 30.3 Å². The molecule has 0 aromatic heterocycles. The van der Waals surface area contributed by atoms with E-state index in [1.807, 2.05) is 62.4 Å². The average molecular weight is 610 g/mol. The van der Waals surface area contributed by atoms with Gasteiger partial charge >= 0.3 is 12.1 Å². The summed E-state index contributed by atoms with van der Waals surface area (Å²) in [7, 11) is 0. The molecule has 0 heterocycles. The van der Waals surface area contributed by atoms with E-state index in [0.29, 0.717) is 5.56 Å². The fraction of sp³-hybridized carbons (Fsp3) is 0.471. The predicted octanol–water partition coefficient (Wildman–Crippen LogP) is 4.31. The number of hydrogen-bond donors (Lipinski definition) is 3. The number of esters is 1. The molecule has 0 saturated carbocycles. The van der Waals surface area contributed by atoms with Gasteiger partial charge in [-0.1, -0.05) is 54.6 Å². The van der Waals surface area contributed by atoms with Gasteiger partial charge in [-0.2, -0.15) is 0 Å². The number of aryl methyl sites for hydroxylation is 2. The van der Waals surface area contributed by atoms with E-state index < -0.39 is 59.8 Å². The van der Waals surface area contributed by atoms with Crippen LogP contribution in [-0.4, -0.2) is 70.3 Å². The van der Waals surface area contributed by atoms with Crippen molar-refractivity contribution in [2.45, 2.75) is 91.1 Å². The number of alkyl carbamates (subject to hydrolysis) is 1. The highest BCUT2D eigenvalue weighted by Crippen LogP contribution is 2.29. The number of carbonyl (C=O) groups is 4. The van der Waals surface area contributed by atoms with E-state index in [9.17, 15) is 24.3 Å². The van der Waals surface area contributed by atoms with E-state index >= 15 is 0 Å². The summed E-state index contributed by atoms with van der Waals surface area (Å²) in [6, 6.07) is 10.9. The van der Waals surface area contributed by atoms with Crippen LogP contribution in [0.5, 0.6) is 0 Å². The summed E-state index contributed by atoms with van der Waals surface area (Å²) >= 11 is 0. The highest BCUT2D eigenvalue weighted by atomic mass is 16.6. The topological polar surface area (TPSA) is 134 Å². The maximum absolute atomic E-state index is 14.3. The van der Waals surface area contributed by atoms with Gasteiger partial charge in [0.15, 0.2) is 0 Å². The molecule has 0 radical (unpaired) electrons. The third-order valence-electron chi connectivity index (χ3n) is 6.45. The van der Waals surface area contributed by atoms with Crippen molar-refractivity contribution in [1.82, 2.24) is 15.5 Å². The number of ether oxygens (including phenoxy) is 2. The Balaban J connectivity index is 2.60. The minimum Gasteiger partial charge on any atom is -0.458 e. The molecule has 0 saturated heterocycles. The largest absolute Gasteiger partial charge is 0.458 e. The Hall–Kier alpha value is -4.18. The Morgan fingerprint density at radius 2 is 1.43 bits per heavy atom. The monoisotopic (exact) mass is 609 g/mol. The van der Waals surface area contributed by atoms with E-state index in [1.165, 1.54) is 11.0 Å². The number of benzene rings is 2. The van der Waals surface area contributed by atoms with Crippen molar-refractivity contribution in [1.29, 1.82) is 0 Å². The molecule has 0 spiro atoms. The van der Waals surface area contributed by atoms with Crippen LogP contribution in [0.25, 0.3) is 0 Å². The van der Waals surface area contributed by atoms with Gasteiger partial charge in [-0.15, -0.1) is 6.58 Å². The van der Waals surface area contributed by atoms with Crippen LogP contribution in [0.2, 0.25) is 0 Å². The molecular weight excluding hydrogens is 562 g/mol. The Morgan fingerprint density at radius 1 is 0.864 bits per heavy atom. The average Bonchev–Trinajstić information content (AvgIpc) is 2.90. The molecule has 3 amide bonds. The molecule has 0 bridgehead atoms. The molecule has 10 nitrogen and oxygen atoms in total. The Labute approximate surface area is 260 Å². The quantitative estimate of drug-likeness (QED) is 0.241. The lowest BCUT2D eigenvalue weighted by Crippen LogP contribution is -2.56. The van der Waals surface area contributed by atoms with Crippen molar-refractivity contribution in [3.05, 3.63) is 83.4 Å². The van der Waals surface area contributed by atoms with Crippen LogP contribution in [0, 0.1) is 13.8 Å². The molecular formula is C34H47N3O7. The number of carbonyl (C=O) groups excluding carboxylic acids is 4. The molecule has 44 heavy (non-hydrogen) atoms. The Morgan fingerprint density at radius 3 is 1.93 bits per heavy atom. The lowest BCUT2D eigenvalue weighted by atomic mass is 9.93. The van der Waals surface area contributed by atoms with Crippen LogP contribution < -0.4 is 10.6 Å². The molecule has 10 heteroatoms. The molecule has 2 aromatic carbocycles. The van der Waals surface area contributed by atoms with Gasteiger partial charge in [0.25, 0.3) is 0 Å². The first-order valence-electron chi connectivity index (χ1n) is 14.6. The number of aliphatic hydroxyl groups is 1. The summed E-state index contributed by atoms with van der Waals surface area (Å²) in [6.07, 6.45) is 0.697. The number of rotatable bonds is 12. The summed E-state index contributed by atoms with van der Waals surface area (Å²) in [5.41, 5.74) is 1.14. The lowest BCUT2D eigenvalue weighted by molar-refractivity contribution is -0.159. The summed E-state index contributed by atoms with van der Waals surface area (Å²) in [5, 5.41) is 15.4. The molecule has 3 N–H and O–H groups in total. The zero-order chi connectivity index (χ0) is 33.2. The number of nitrogens with zero attached hydrogens (tertiary/aromatic N) is 1. The van der Waals surface area contributed by atoms with Crippen molar-refractivity contribution in [2.75, 3.05) is 13.2 Å². The van der Waals surface area contributed by atoms with Crippen molar-refractivity contribution >= 4 is 23.9 Å². The summed E-state index contributed by atoms with van der Waals surface area (Å²) in [4.78, 5) is 55.5. The van der Waals surface area contributed by atoms with Gasteiger partial charge in [0.2, 0.25) is 11.8 Å². The number of aliphatic hydroxyl groups excluding tert-OH is 1.